The number of likely N-dealkylation sites (tertiary alicyclic amines) is 2. The normalized spacial score (nSPS) is 22.1. The number of amides is 2. The molecule has 1 aromatic carbocycles. The van der Waals surface area contributed by atoms with Crippen molar-refractivity contribution in [3.63, 3.8) is 0 Å². The monoisotopic (exact) mass is 371 g/mol. The average molecular weight is 372 g/mol. The summed E-state index contributed by atoms with van der Waals surface area (Å²) < 4.78 is 0. The van der Waals surface area contributed by atoms with Gasteiger partial charge in [-0.2, -0.15) is 0 Å². The number of carbonyl (C=O) groups is 2. The molecular formula is C22H33N3O2. The molecule has 0 aliphatic carbocycles. The standard InChI is InChI=1S/C22H33N3O2/c1-16(2)23-21(26)18-6-8-19(9-7-18)22(27)24-13-10-20(11-14-24)25-12-4-5-17(3)15-25/h6-9,16-17,20H,4-5,10-15H2,1-3H3,(H,23,26). The number of hydrogen-bond donors (Lipinski definition) is 1. The maximum Gasteiger partial charge on any atom is 0.253 e. The zero-order valence-corrected chi connectivity index (χ0v) is 16.9. The van der Waals surface area contributed by atoms with Gasteiger partial charge in [-0.15, -0.1) is 0 Å². The highest BCUT2D eigenvalue weighted by Crippen LogP contribution is 2.24. The van der Waals surface area contributed by atoms with E-state index < -0.39 is 0 Å². The van der Waals surface area contributed by atoms with Crippen LogP contribution in [0.15, 0.2) is 24.3 Å². The lowest BCUT2D eigenvalue weighted by Gasteiger charge is -2.41. The van der Waals surface area contributed by atoms with Crippen LogP contribution in [0.25, 0.3) is 0 Å². The Balaban J connectivity index is 1.53. The van der Waals surface area contributed by atoms with Crippen molar-refractivity contribution in [1.29, 1.82) is 0 Å². The lowest BCUT2D eigenvalue weighted by molar-refractivity contribution is 0.0541. The molecule has 0 aromatic heterocycles. The Morgan fingerprint density at radius 2 is 1.63 bits per heavy atom. The molecule has 27 heavy (non-hydrogen) atoms. The Labute approximate surface area is 163 Å². The third-order valence-electron chi connectivity index (χ3n) is 5.77. The molecule has 5 nitrogen and oxygen atoms in total. The molecule has 3 rings (SSSR count). The molecule has 2 fully saturated rings. The van der Waals surface area contributed by atoms with Gasteiger partial charge in [0.2, 0.25) is 0 Å². The fourth-order valence-electron chi connectivity index (χ4n) is 4.28. The van der Waals surface area contributed by atoms with Crippen LogP contribution in [-0.4, -0.2) is 59.9 Å². The van der Waals surface area contributed by atoms with E-state index in [9.17, 15) is 9.59 Å². The van der Waals surface area contributed by atoms with E-state index in [2.05, 4.69) is 17.1 Å². The quantitative estimate of drug-likeness (QED) is 0.884. The molecule has 0 radical (unpaired) electrons. The van der Waals surface area contributed by atoms with Crippen LogP contribution in [0.3, 0.4) is 0 Å². The summed E-state index contributed by atoms with van der Waals surface area (Å²) in [6, 6.07) is 7.76. The van der Waals surface area contributed by atoms with E-state index in [1.165, 1.54) is 25.9 Å². The lowest BCUT2D eigenvalue weighted by Crippen LogP contribution is -2.49. The third kappa shape index (κ3) is 5.10. The Morgan fingerprint density at radius 1 is 1.00 bits per heavy atom. The van der Waals surface area contributed by atoms with Crippen LogP contribution in [0.1, 0.15) is 67.2 Å². The van der Waals surface area contributed by atoms with E-state index in [-0.39, 0.29) is 17.9 Å². The molecule has 1 N–H and O–H groups in total. The van der Waals surface area contributed by atoms with Crippen molar-refractivity contribution in [2.45, 2.75) is 58.5 Å². The molecule has 5 heteroatoms. The molecule has 2 aliphatic heterocycles. The van der Waals surface area contributed by atoms with Crippen molar-refractivity contribution in [1.82, 2.24) is 15.1 Å². The highest BCUT2D eigenvalue weighted by atomic mass is 16.2. The second-order valence-electron chi connectivity index (χ2n) is 8.47. The summed E-state index contributed by atoms with van der Waals surface area (Å²) in [5, 5.41) is 2.87. The molecule has 2 heterocycles. The minimum absolute atomic E-state index is 0.0799. The summed E-state index contributed by atoms with van der Waals surface area (Å²) in [5.41, 5.74) is 1.26. The molecule has 0 bridgehead atoms. The van der Waals surface area contributed by atoms with Gasteiger partial charge in [0.25, 0.3) is 11.8 Å². The van der Waals surface area contributed by atoms with Gasteiger partial charge < -0.3 is 10.2 Å². The van der Waals surface area contributed by atoms with Gasteiger partial charge in [-0.25, -0.2) is 0 Å². The SMILES string of the molecule is CC1CCCN(C2CCN(C(=O)c3ccc(C(=O)NC(C)C)cc3)CC2)C1. The third-order valence-corrected chi connectivity index (χ3v) is 5.77. The summed E-state index contributed by atoms with van der Waals surface area (Å²) in [7, 11) is 0. The number of piperidine rings is 2. The summed E-state index contributed by atoms with van der Waals surface area (Å²) in [5.74, 6) is 0.779. The van der Waals surface area contributed by atoms with Crippen LogP contribution in [0.2, 0.25) is 0 Å². The summed E-state index contributed by atoms with van der Waals surface area (Å²) in [6.45, 7) is 10.3. The molecular weight excluding hydrogens is 338 g/mol. The van der Waals surface area contributed by atoms with Crippen molar-refractivity contribution in [3.05, 3.63) is 35.4 Å². The van der Waals surface area contributed by atoms with E-state index in [0.29, 0.717) is 17.2 Å². The Kier molecular flexibility index (Phi) is 6.53. The highest BCUT2D eigenvalue weighted by molar-refractivity contribution is 5.97. The first-order chi connectivity index (χ1) is 12.9. The number of carbonyl (C=O) groups excluding carboxylic acids is 2. The van der Waals surface area contributed by atoms with E-state index in [0.717, 1.165) is 31.8 Å². The van der Waals surface area contributed by atoms with Gasteiger partial charge in [-0.05, 0) is 76.3 Å². The molecule has 0 spiro atoms. The molecule has 1 unspecified atom stereocenters. The number of benzene rings is 1. The van der Waals surface area contributed by atoms with Gasteiger partial charge in [-0.3, -0.25) is 14.5 Å². The highest BCUT2D eigenvalue weighted by Gasteiger charge is 2.29. The first-order valence-corrected chi connectivity index (χ1v) is 10.4. The lowest BCUT2D eigenvalue weighted by atomic mass is 9.95. The van der Waals surface area contributed by atoms with Crippen molar-refractivity contribution >= 4 is 11.8 Å². The van der Waals surface area contributed by atoms with Gasteiger partial charge in [0, 0.05) is 42.8 Å². The second-order valence-corrected chi connectivity index (χ2v) is 8.47. The molecule has 1 atom stereocenters. The minimum atomic E-state index is -0.0967. The molecule has 2 aliphatic rings. The van der Waals surface area contributed by atoms with Gasteiger partial charge in [0.05, 0.1) is 0 Å². The maximum atomic E-state index is 12.8. The summed E-state index contributed by atoms with van der Waals surface area (Å²) >= 11 is 0. The van der Waals surface area contributed by atoms with Crippen molar-refractivity contribution in [3.8, 4) is 0 Å². The van der Waals surface area contributed by atoms with Crippen LogP contribution < -0.4 is 5.32 Å². The van der Waals surface area contributed by atoms with E-state index in [1.807, 2.05) is 18.7 Å². The molecule has 2 saturated heterocycles. The molecule has 0 saturated carbocycles. The van der Waals surface area contributed by atoms with E-state index in [4.69, 9.17) is 0 Å². The van der Waals surface area contributed by atoms with E-state index >= 15 is 0 Å². The first kappa shape index (κ1) is 19.9. The Bertz CT molecular complexity index is 648. The molecule has 2 amide bonds. The predicted molar refractivity (Wildman–Crippen MR) is 108 cm³/mol. The van der Waals surface area contributed by atoms with Crippen LogP contribution >= 0.6 is 0 Å². The van der Waals surface area contributed by atoms with Crippen molar-refractivity contribution in [2.75, 3.05) is 26.2 Å². The largest absolute Gasteiger partial charge is 0.350 e. The first-order valence-electron chi connectivity index (χ1n) is 10.4. The number of rotatable bonds is 4. The van der Waals surface area contributed by atoms with Crippen molar-refractivity contribution < 1.29 is 9.59 Å². The maximum absolute atomic E-state index is 12.8. The topological polar surface area (TPSA) is 52.7 Å². The Morgan fingerprint density at radius 3 is 2.22 bits per heavy atom. The van der Waals surface area contributed by atoms with E-state index in [1.54, 1.807) is 24.3 Å². The Hall–Kier alpha value is -1.88. The van der Waals surface area contributed by atoms with Gasteiger partial charge >= 0.3 is 0 Å². The van der Waals surface area contributed by atoms with Crippen LogP contribution in [0, 0.1) is 5.92 Å². The van der Waals surface area contributed by atoms with Crippen LogP contribution in [0.4, 0.5) is 0 Å². The number of nitrogens with zero attached hydrogens (tertiary/aromatic N) is 2. The van der Waals surface area contributed by atoms with Crippen LogP contribution in [-0.2, 0) is 0 Å². The molecule has 1 aromatic rings. The zero-order chi connectivity index (χ0) is 19.4. The smallest absolute Gasteiger partial charge is 0.253 e. The fraction of sp³-hybridized carbons (Fsp3) is 0.636. The number of hydrogen-bond acceptors (Lipinski definition) is 3. The van der Waals surface area contributed by atoms with Gasteiger partial charge in [0.15, 0.2) is 0 Å². The second kappa shape index (κ2) is 8.87. The minimum Gasteiger partial charge on any atom is -0.350 e. The predicted octanol–water partition coefficient (Wildman–Crippen LogP) is 3.16. The van der Waals surface area contributed by atoms with Gasteiger partial charge in [0.1, 0.15) is 0 Å². The zero-order valence-electron chi connectivity index (χ0n) is 16.9. The summed E-state index contributed by atoms with van der Waals surface area (Å²) in [4.78, 5) is 29.4. The van der Waals surface area contributed by atoms with Gasteiger partial charge in [-0.1, -0.05) is 6.92 Å². The fourth-order valence-corrected chi connectivity index (χ4v) is 4.28. The summed E-state index contributed by atoms with van der Waals surface area (Å²) in [6.07, 6.45) is 4.77. The van der Waals surface area contributed by atoms with Crippen molar-refractivity contribution in [2.24, 2.45) is 5.92 Å². The number of nitrogens with one attached hydrogen (secondary N) is 1. The molecule has 148 valence electrons. The average Bonchev–Trinajstić information content (AvgIpc) is 2.67. The van der Waals surface area contributed by atoms with Crippen LogP contribution in [0.5, 0.6) is 0 Å².